The van der Waals surface area contributed by atoms with Gasteiger partial charge in [-0.05, 0) is 36.3 Å². The fraction of sp³-hybridized carbons (Fsp3) is 0.529. The van der Waals surface area contributed by atoms with E-state index in [2.05, 4.69) is 4.18 Å². The fourth-order valence-corrected chi connectivity index (χ4v) is 3.23. The molecule has 140 valence electrons. The second-order valence-electron chi connectivity index (χ2n) is 6.19. The molecule has 1 aliphatic rings. The summed E-state index contributed by atoms with van der Waals surface area (Å²) in [6, 6.07) is 9.66. The molecule has 0 aliphatic heterocycles. The minimum atomic E-state index is -5.59. The number of alkyl halides is 3. The van der Waals surface area contributed by atoms with E-state index in [4.69, 9.17) is 4.74 Å². The molecule has 0 saturated carbocycles. The summed E-state index contributed by atoms with van der Waals surface area (Å²) in [4.78, 5) is 0. The summed E-state index contributed by atoms with van der Waals surface area (Å²) in [7, 11) is -5.59. The lowest BCUT2D eigenvalue weighted by Gasteiger charge is -2.35. The fourth-order valence-electron chi connectivity index (χ4n) is 2.70. The number of hydrogen-bond donors (Lipinski definition) is 0. The van der Waals surface area contributed by atoms with Crippen LogP contribution in [0.25, 0.3) is 0 Å². The van der Waals surface area contributed by atoms with Crippen LogP contribution in [-0.2, 0) is 25.6 Å². The van der Waals surface area contributed by atoms with Crippen LogP contribution in [0.3, 0.4) is 0 Å². The van der Waals surface area contributed by atoms with Crippen molar-refractivity contribution in [1.82, 2.24) is 0 Å². The molecule has 1 atom stereocenters. The molecule has 0 fully saturated rings. The third-order valence-corrected chi connectivity index (χ3v) is 5.43. The first kappa shape index (κ1) is 19.8. The Labute approximate surface area is 145 Å². The number of rotatable bonds is 7. The Kier molecular flexibility index (Phi) is 6.16. The van der Waals surface area contributed by atoms with Gasteiger partial charge in [0.15, 0.2) is 0 Å². The normalized spacial score (nSPS) is 21.7. The van der Waals surface area contributed by atoms with Gasteiger partial charge in [0.2, 0.25) is 0 Å². The van der Waals surface area contributed by atoms with Crippen LogP contribution in [0.1, 0.15) is 38.2 Å². The maximum absolute atomic E-state index is 12.4. The third-order valence-electron chi connectivity index (χ3n) is 4.43. The molecule has 2 rings (SSSR count). The highest BCUT2D eigenvalue weighted by atomic mass is 32.2. The molecule has 1 aromatic rings. The molecular weight excluding hydrogens is 357 g/mol. The number of allylic oxidation sites excluding steroid dienone is 2. The second kappa shape index (κ2) is 7.78. The Morgan fingerprint density at radius 1 is 1.20 bits per heavy atom. The van der Waals surface area contributed by atoms with Crippen molar-refractivity contribution in [2.75, 3.05) is 6.61 Å². The van der Waals surface area contributed by atoms with Crippen molar-refractivity contribution in [3.63, 3.8) is 0 Å². The lowest BCUT2D eigenvalue weighted by Crippen LogP contribution is -2.30. The molecule has 0 aromatic heterocycles. The molecule has 0 bridgehead atoms. The van der Waals surface area contributed by atoms with Crippen molar-refractivity contribution in [1.29, 1.82) is 0 Å². The highest BCUT2D eigenvalue weighted by molar-refractivity contribution is 7.87. The molecule has 0 amide bonds. The highest BCUT2D eigenvalue weighted by Crippen LogP contribution is 2.40. The molecule has 1 aromatic carbocycles. The smallest absolute Gasteiger partial charge is 0.381 e. The van der Waals surface area contributed by atoms with Crippen molar-refractivity contribution >= 4 is 10.1 Å². The van der Waals surface area contributed by atoms with Gasteiger partial charge in [0, 0.05) is 6.42 Å². The summed E-state index contributed by atoms with van der Waals surface area (Å²) < 4.78 is 69.3. The van der Waals surface area contributed by atoms with Gasteiger partial charge in [-0.3, -0.25) is 0 Å². The molecule has 1 unspecified atom stereocenters. The molecule has 8 heteroatoms. The van der Waals surface area contributed by atoms with E-state index in [0.29, 0.717) is 26.1 Å². The summed E-state index contributed by atoms with van der Waals surface area (Å²) >= 11 is 0. The van der Waals surface area contributed by atoms with Gasteiger partial charge in [-0.1, -0.05) is 37.3 Å². The number of benzene rings is 1. The van der Waals surface area contributed by atoms with Gasteiger partial charge in [-0.15, -0.1) is 0 Å². The molecule has 1 aliphatic carbocycles. The zero-order valence-corrected chi connectivity index (χ0v) is 14.7. The topological polar surface area (TPSA) is 52.6 Å². The standard InChI is InChI=1S/C17H21F3O4S/c1-2-16(13-23-12-14-6-4-3-5-7-14)10-8-15(9-11-16)24-25(21,22)17(18,19)20/h3-8H,2,9-13H2,1H3. The van der Waals surface area contributed by atoms with Crippen LogP contribution in [0.2, 0.25) is 0 Å². The van der Waals surface area contributed by atoms with Crippen molar-refractivity contribution in [2.24, 2.45) is 5.41 Å². The van der Waals surface area contributed by atoms with E-state index < -0.39 is 15.6 Å². The first-order valence-electron chi connectivity index (χ1n) is 7.99. The Balaban J connectivity index is 1.93. The van der Waals surface area contributed by atoms with Crippen molar-refractivity contribution < 1.29 is 30.5 Å². The van der Waals surface area contributed by atoms with Gasteiger partial charge in [0.25, 0.3) is 0 Å². The Bertz CT molecular complexity index is 698. The molecule has 0 N–H and O–H groups in total. The van der Waals surface area contributed by atoms with Gasteiger partial charge < -0.3 is 8.92 Å². The number of ether oxygens (including phenoxy) is 1. The highest BCUT2D eigenvalue weighted by Gasteiger charge is 2.49. The average Bonchev–Trinajstić information content (AvgIpc) is 2.56. The van der Waals surface area contributed by atoms with Gasteiger partial charge in [-0.2, -0.15) is 21.6 Å². The molecule has 0 heterocycles. The zero-order chi connectivity index (χ0) is 18.6. The Morgan fingerprint density at radius 3 is 2.40 bits per heavy atom. The summed E-state index contributed by atoms with van der Waals surface area (Å²) in [6.45, 7) is 2.89. The number of hydrogen-bond acceptors (Lipinski definition) is 4. The van der Waals surface area contributed by atoms with Crippen LogP contribution in [0.5, 0.6) is 0 Å². The molecule has 4 nitrogen and oxygen atoms in total. The van der Waals surface area contributed by atoms with E-state index in [1.165, 1.54) is 6.08 Å². The predicted molar refractivity (Wildman–Crippen MR) is 86.8 cm³/mol. The maximum atomic E-state index is 12.4. The molecule has 0 saturated heterocycles. The molecule has 0 radical (unpaired) electrons. The minimum absolute atomic E-state index is 0.137. The zero-order valence-electron chi connectivity index (χ0n) is 13.9. The van der Waals surface area contributed by atoms with E-state index in [9.17, 15) is 21.6 Å². The largest absolute Gasteiger partial charge is 0.534 e. The van der Waals surface area contributed by atoms with Crippen LogP contribution in [0.15, 0.2) is 42.2 Å². The Hall–Kier alpha value is -1.54. The van der Waals surface area contributed by atoms with E-state index in [1.54, 1.807) is 0 Å². The Morgan fingerprint density at radius 2 is 1.88 bits per heavy atom. The lowest BCUT2D eigenvalue weighted by atomic mass is 9.75. The first-order chi connectivity index (χ1) is 11.7. The van der Waals surface area contributed by atoms with E-state index in [1.807, 2.05) is 37.3 Å². The summed E-state index contributed by atoms with van der Waals surface area (Å²) in [5.41, 5.74) is -4.59. The van der Waals surface area contributed by atoms with Gasteiger partial charge in [-0.25, -0.2) is 0 Å². The van der Waals surface area contributed by atoms with E-state index >= 15 is 0 Å². The first-order valence-corrected chi connectivity index (χ1v) is 9.40. The average molecular weight is 378 g/mol. The second-order valence-corrected chi connectivity index (χ2v) is 7.73. The third kappa shape index (κ3) is 5.22. The summed E-state index contributed by atoms with van der Waals surface area (Å²) in [6.07, 6.45) is 3.27. The summed E-state index contributed by atoms with van der Waals surface area (Å²) in [5, 5.41) is 0. The lowest BCUT2D eigenvalue weighted by molar-refractivity contribution is -0.0527. The number of halogens is 3. The maximum Gasteiger partial charge on any atom is 0.534 e. The summed E-state index contributed by atoms with van der Waals surface area (Å²) in [5.74, 6) is -0.149. The van der Waals surface area contributed by atoms with E-state index in [-0.39, 0.29) is 17.6 Å². The molecule has 0 spiro atoms. The van der Waals surface area contributed by atoms with Crippen LogP contribution in [0, 0.1) is 5.41 Å². The van der Waals surface area contributed by atoms with Gasteiger partial charge in [0.05, 0.1) is 13.2 Å². The van der Waals surface area contributed by atoms with Crippen LogP contribution < -0.4 is 0 Å². The predicted octanol–water partition coefficient (Wildman–Crippen LogP) is 4.53. The minimum Gasteiger partial charge on any atom is -0.381 e. The molecular formula is C17H21F3O4S. The van der Waals surface area contributed by atoms with Crippen LogP contribution in [-0.4, -0.2) is 20.5 Å². The quantitative estimate of drug-likeness (QED) is 0.517. The van der Waals surface area contributed by atoms with Crippen molar-refractivity contribution in [3.8, 4) is 0 Å². The van der Waals surface area contributed by atoms with Gasteiger partial charge in [0.1, 0.15) is 5.76 Å². The monoisotopic (exact) mass is 378 g/mol. The van der Waals surface area contributed by atoms with Crippen LogP contribution in [0.4, 0.5) is 13.2 Å². The SMILES string of the molecule is CCC1(COCc2ccccc2)CC=C(OS(=O)(=O)C(F)(F)F)CC1. The van der Waals surface area contributed by atoms with Crippen molar-refractivity contribution in [3.05, 3.63) is 47.7 Å². The van der Waals surface area contributed by atoms with Gasteiger partial charge >= 0.3 is 15.6 Å². The van der Waals surface area contributed by atoms with Crippen LogP contribution >= 0.6 is 0 Å². The van der Waals surface area contributed by atoms with Crippen molar-refractivity contribution in [2.45, 2.75) is 44.7 Å². The van der Waals surface area contributed by atoms with E-state index in [0.717, 1.165) is 12.0 Å². The molecule has 25 heavy (non-hydrogen) atoms.